The van der Waals surface area contributed by atoms with Gasteiger partial charge in [0.05, 0.1) is 0 Å². The van der Waals surface area contributed by atoms with Crippen molar-refractivity contribution in [3.63, 3.8) is 0 Å². The number of rotatable bonds is 4. The molecule has 2 aromatic carbocycles. The van der Waals surface area contributed by atoms with Gasteiger partial charge in [0, 0.05) is 5.56 Å². The van der Waals surface area contributed by atoms with Crippen molar-refractivity contribution in [2.75, 3.05) is 0 Å². The first-order valence-electron chi connectivity index (χ1n) is 7.18. The Balaban J connectivity index is 2.23. The average molecular weight is 299 g/mol. The summed E-state index contributed by atoms with van der Waals surface area (Å²) in [4.78, 5) is 11.9. The standard InChI is InChI=1S/C18H21NO3/c1-18(2,3)14-9-11-15(12-10-14)22-16(17(20)19-21)13-7-5-4-6-8-13/h4-12,16,21H,1-3H3,(H,19,20). The molecule has 0 saturated carbocycles. The second-order valence-corrected chi connectivity index (χ2v) is 6.16. The monoisotopic (exact) mass is 299 g/mol. The Morgan fingerprint density at radius 3 is 2.14 bits per heavy atom. The van der Waals surface area contributed by atoms with Crippen LogP contribution in [-0.2, 0) is 10.2 Å². The predicted octanol–water partition coefficient (Wildman–Crippen LogP) is 3.61. The molecule has 0 aromatic heterocycles. The Morgan fingerprint density at radius 2 is 1.64 bits per heavy atom. The zero-order valence-electron chi connectivity index (χ0n) is 13.0. The molecule has 0 bridgehead atoms. The van der Waals surface area contributed by atoms with Crippen LogP contribution in [0.15, 0.2) is 54.6 Å². The van der Waals surface area contributed by atoms with E-state index in [1.807, 2.05) is 42.5 Å². The number of hydrogen-bond acceptors (Lipinski definition) is 3. The smallest absolute Gasteiger partial charge is 0.289 e. The molecule has 1 amide bonds. The van der Waals surface area contributed by atoms with E-state index in [1.54, 1.807) is 17.6 Å². The third-order valence-electron chi connectivity index (χ3n) is 3.42. The Labute approximate surface area is 130 Å². The van der Waals surface area contributed by atoms with Crippen LogP contribution in [0.5, 0.6) is 5.75 Å². The summed E-state index contributed by atoms with van der Waals surface area (Å²) in [6.07, 6.45) is -0.897. The summed E-state index contributed by atoms with van der Waals surface area (Å²) < 4.78 is 5.75. The summed E-state index contributed by atoms with van der Waals surface area (Å²) in [5.74, 6) is -0.0310. The Morgan fingerprint density at radius 1 is 1.05 bits per heavy atom. The number of hydrogen-bond donors (Lipinski definition) is 2. The SMILES string of the molecule is CC(C)(C)c1ccc(OC(C(=O)NO)c2ccccc2)cc1. The molecule has 0 saturated heterocycles. The Bertz CT molecular complexity index is 615. The van der Waals surface area contributed by atoms with Crippen LogP contribution in [0.4, 0.5) is 0 Å². The number of carbonyl (C=O) groups is 1. The first kappa shape index (κ1) is 16.0. The van der Waals surface area contributed by atoms with Crippen molar-refractivity contribution in [3.05, 3.63) is 65.7 Å². The molecular formula is C18H21NO3. The summed E-state index contributed by atoms with van der Waals surface area (Å²) in [6, 6.07) is 16.7. The molecule has 0 fully saturated rings. The molecule has 22 heavy (non-hydrogen) atoms. The second-order valence-electron chi connectivity index (χ2n) is 6.16. The van der Waals surface area contributed by atoms with Crippen LogP contribution in [0, 0.1) is 0 Å². The van der Waals surface area contributed by atoms with Crippen molar-refractivity contribution in [2.45, 2.75) is 32.3 Å². The maximum atomic E-state index is 11.9. The van der Waals surface area contributed by atoms with E-state index in [9.17, 15) is 4.79 Å². The number of nitrogens with one attached hydrogen (secondary N) is 1. The maximum absolute atomic E-state index is 11.9. The van der Waals surface area contributed by atoms with Crippen molar-refractivity contribution >= 4 is 5.91 Å². The fourth-order valence-electron chi connectivity index (χ4n) is 2.13. The number of hydroxylamine groups is 1. The Kier molecular flexibility index (Phi) is 4.83. The Hall–Kier alpha value is -2.33. The van der Waals surface area contributed by atoms with Gasteiger partial charge < -0.3 is 4.74 Å². The summed E-state index contributed by atoms with van der Waals surface area (Å²) in [5.41, 5.74) is 3.57. The van der Waals surface area contributed by atoms with Crippen LogP contribution in [0.2, 0.25) is 0 Å². The van der Waals surface area contributed by atoms with Crippen LogP contribution in [-0.4, -0.2) is 11.1 Å². The lowest BCUT2D eigenvalue weighted by molar-refractivity contribution is -0.136. The van der Waals surface area contributed by atoms with Gasteiger partial charge in [-0.1, -0.05) is 63.2 Å². The molecule has 0 spiro atoms. The molecule has 0 aliphatic heterocycles. The molecule has 0 radical (unpaired) electrons. The highest BCUT2D eigenvalue weighted by Crippen LogP contribution is 2.27. The number of carbonyl (C=O) groups excluding carboxylic acids is 1. The molecule has 0 heterocycles. The van der Waals surface area contributed by atoms with Gasteiger partial charge in [-0.25, -0.2) is 5.48 Å². The van der Waals surface area contributed by atoms with Gasteiger partial charge in [-0.05, 0) is 23.1 Å². The van der Waals surface area contributed by atoms with E-state index in [2.05, 4.69) is 20.8 Å². The quantitative estimate of drug-likeness (QED) is 0.670. The van der Waals surface area contributed by atoms with Gasteiger partial charge in [-0.2, -0.15) is 0 Å². The predicted molar refractivity (Wildman–Crippen MR) is 84.9 cm³/mol. The molecule has 1 atom stereocenters. The first-order valence-corrected chi connectivity index (χ1v) is 7.18. The highest BCUT2D eigenvalue weighted by molar-refractivity contribution is 5.81. The van der Waals surface area contributed by atoms with E-state index < -0.39 is 12.0 Å². The maximum Gasteiger partial charge on any atom is 0.289 e. The van der Waals surface area contributed by atoms with Crippen LogP contribution in [0.1, 0.15) is 38.0 Å². The summed E-state index contributed by atoms with van der Waals surface area (Å²) in [5, 5.41) is 8.92. The molecule has 4 nitrogen and oxygen atoms in total. The topological polar surface area (TPSA) is 58.6 Å². The molecule has 4 heteroatoms. The van der Waals surface area contributed by atoms with E-state index in [-0.39, 0.29) is 5.41 Å². The first-order chi connectivity index (χ1) is 10.4. The summed E-state index contributed by atoms with van der Waals surface area (Å²) in [7, 11) is 0. The zero-order chi connectivity index (χ0) is 16.2. The average Bonchev–Trinajstić information content (AvgIpc) is 2.52. The number of ether oxygens (including phenoxy) is 1. The van der Waals surface area contributed by atoms with Gasteiger partial charge in [0.2, 0.25) is 6.10 Å². The van der Waals surface area contributed by atoms with Gasteiger partial charge in [0.15, 0.2) is 0 Å². The van der Waals surface area contributed by atoms with E-state index in [1.165, 1.54) is 5.56 Å². The van der Waals surface area contributed by atoms with Crippen LogP contribution in [0.3, 0.4) is 0 Å². The fraction of sp³-hybridized carbons (Fsp3) is 0.278. The van der Waals surface area contributed by atoms with E-state index >= 15 is 0 Å². The van der Waals surface area contributed by atoms with Gasteiger partial charge in [0.1, 0.15) is 5.75 Å². The molecule has 1 unspecified atom stereocenters. The third kappa shape index (κ3) is 3.86. The third-order valence-corrected chi connectivity index (χ3v) is 3.42. The second kappa shape index (κ2) is 6.62. The lowest BCUT2D eigenvalue weighted by Gasteiger charge is -2.21. The van der Waals surface area contributed by atoms with Crippen LogP contribution >= 0.6 is 0 Å². The highest BCUT2D eigenvalue weighted by atomic mass is 16.5. The number of amides is 1. The minimum absolute atomic E-state index is 0.0554. The summed E-state index contributed by atoms with van der Waals surface area (Å²) in [6.45, 7) is 6.40. The van der Waals surface area contributed by atoms with Gasteiger partial charge >= 0.3 is 0 Å². The van der Waals surface area contributed by atoms with E-state index in [4.69, 9.17) is 9.94 Å². The van der Waals surface area contributed by atoms with Gasteiger partial charge in [0.25, 0.3) is 5.91 Å². The fourth-order valence-corrected chi connectivity index (χ4v) is 2.13. The lowest BCUT2D eigenvalue weighted by atomic mass is 9.87. The molecule has 0 aliphatic rings. The zero-order valence-corrected chi connectivity index (χ0v) is 13.0. The van der Waals surface area contributed by atoms with Crippen molar-refractivity contribution in [1.82, 2.24) is 5.48 Å². The normalized spacial score (nSPS) is 12.5. The van der Waals surface area contributed by atoms with Crippen molar-refractivity contribution in [3.8, 4) is 5.75 Å². The van der Waals surface area contributed by atoms with Crippen molar-refractivity contribution in [1.29, 1.82) is 0 Å². The van der Waals surface area contributed by atoms with Crippen molar-refractivity contribution < 1.29 is 14.7 Å². The lowest BCUT2D eigenvalue weighted by Crippen LogP contribution is -2.30. The minimum Gasteiger partial charge on any atom is -0.476 e. The largest absolute Gasteiger partial charge is 0.476 e. The van der Waals surface area contributed by atoms with Crippen LogP contribution in [0.25, 0.3) is 0 Å². The van der Waals surface area contributed by atoms with E-state index in [0.717, 1.165) is 0 Å². The molecule has 2 aromatic rings. The molecule has 0 aliphatic carbocycles. The van der Waals surface area contributed by atoms with Gasteiger partial charge in [-0.3, -0.25) is 10.0 Å². The van der Waals surface area contributed by atoms with Crippen LogP contribution < -0.4 is 10.2 Å². The molecule has 2 N–H and O–H groups in total. The molecule has 116 valence electrons. The highest BCUT2D eigenvalue weighted by Gasteiger charge is 2.22. The van der Waals surface area contributed by atoms with Crippen molar-refractivity contribution in [2.24, 2.45) is 0 Å². The number of benzene rings is 2. The summed E-state index contributed by atoms with van der Waals surface area (Å²) >= 11 is 0. The minimum atomic E-state index is -0.897. The van der Waals surface area contributed by atoms with Gasteiger partial charge in [-0.15, -0.1) is 0 Å². The molecule has 2 rings (SSSR count). The molecular weight excluding hydrogens is 278 g/mol. The van der Waals surface area contributed by atoms with E-state index in [0.29, 0.717) is 11.3 Å².